The van der Waals surface area contributed by atoms with Crippen LogP contribution in [0.2, 0.25) is 0 Å². The molecule has 1 aromatic heterocycles. The van der Waals surface area contributed by atoms with Gasteiger partial charge in [0.15, 0.2) is 0 Å². The van der Waals surface area contributed by atoms with E-state index in [1.54, 1.807) is 0 Å². The van der Waals surface area contributed by atoms with E-state index in [1.165, 1.54) is 49.5 Å². The average molecular weight is 343 g/mol. The Morgan fingerprint density at radius 3 is 2.48 bits per heavy atom. The van der Waals surface area contributed by atoms with Gasteiger partial charge in [-0.3, -0.25) is 9.78 Å². The Bertz CT molecular complexity index is 847. The molecule has 1 heterocycles. The molecule has 0 saturated carbocycles. The average Bonchev–Trinajstić information content (AvgIpc) is 2.56. The molecule has 0 spiro atoms. The molecule has 0 aliphatic rings. The van der Waals surface area contributed by atoms with Gasteiger partial charge in [0.05, 0.1) is 0 Å². The molecule has 0 aliphatic carbocycles. The van der Waals surface area contributed by atoms with Crippen molar-refractivity contribution in [2.24, 2.45) is 0 Å². The van der Waals surface area contributed by atoms with Crippen molar-refractivity contribution >= 4 is 29.6 Å². The fourth-order valence-corrected chi connectivity index (χ4v) is 1.83. The van der Waals surface area contributed by atoms with E-state index in [9.17, 15) is 18.8 Å². The Morgan fingerprint density at radius 2 is 1.88 bits per heavy atom. The first-order valence-electron chi connectivity index (χ1n) is 7.07. The fraction of sp³-hybridized carbons (Fsp3) is 0.0588. The maximum Gasteiger partial charge on any atom is 0.362 e. The van der Waals surface area contributed by atoms with Gasteiger partial charge < -0.3 is 15.8 Å². The third kappa shape index (κ3) is 4.96. The number of nitrogen functional groups attached to an aromatic ring is 1. The molecule has 128 valence electrons. The zero-order valence-electron chi connectivity index (χ0n) is 13.2. The lowest BCUT2D eigenvalue weighted by atomic mass is 10.2. The van der Waals surface area contributed by atoms with Crippen molar-refractivity contribution in [3.63, 3.8) is 0 Å². The van der Waals surface area contributed by atoms with Crippen molar-refractivity contribution in [2.45, 2.75) is 6.92 Å². The molecule has 1 amide bonds. The van der Waals surface area contributed by atoms with Gasteiger partial charge in [-0.2, -0.15) is 0 Å². The van der Waals surface area contributed by atoms with Crippen LogP contribution in [0.15, 0.2) is 48.4 Å². The number of carbonyl (C=O) groups excluding carboxylic acids is 3. The quantitative estimate of drug-likeness (QED) is 0.496. The number of nitrogens with zero attached hydrogens (tertiary/aromatic N) is 1. The van der Waals surface area contributed by atoms with Crippen LogP contribution in [0.5, 0.6) is 0 Å². The maximum atomic E-state index is 12.9. The number of esters is 2. The van der Waals surface area contributed by atoms with Gasteiger partial charge in [-0.1, -0.05) is 12.1 Å². The maximum absolute atomic E-state index is 12.9. The third-order valence-corrected chi connectivity index (χ3v) is 2.97. The van der Waals surface area contributed by atoms with Gasteiger partial charge in [-0.05, 0) is 29.8 Å². The van der Waals surface area contributed by atoms with E-state index in [2.05, 4.69) is 10.3 Å². The number of nitrogens with one attached hydrogen (secondary N) is 1. The topological polar surface area (TPSA) is 111 Å². The molecule has 0 saturated heterocycles. The van der Waals surface area contributed by atoms with E-state index < -0.39 is 23.7 Å². The number of ether oxygens (including phenoxy) is 1. The van der Waals surface area contributed by atoms with Crippen LogP contribution in [0.4, 0.5) is 10.1 Å². The second-order valence-electron chi connectivity index (χ2n) is 4.93. The molecule has 0 unspecified atom stereocenters. The molecule has 0 radical (unpaired) electrons. The SMILES string of the molecule is CC(=O)NC(=Cc1ccc(F)cc1)C(=O)OC(=O)c1cnccc1N. The number of carbonyl (C=O) groups is 3. The van der Waals surface area contributed by atoms with Gasteiger partial charge in [0.1, 0.15) is 17.1 Å². The smallest absolute Gasteiger partial charge is 0.362 e. The molecule has 0 bridgehead atoms. The number of hydrogen-bond acceptors (Lipinski definition) is 6. The predicted molar refractivity (Wildman–Crippen MR) is 87.3 cm³/mol. The molecule has 0 aliphatic heterocycles. The zero-order valence-corrected chi connectivity index (χ0v) is 13.2. The Kier molecular flexibility index (Phi) is 5.57. The molecule has 0 atom stereocenters. The number of amides is 1. The standard InChI is InChI=1S/C17H14FN3O4/c1-10(22)21-15(8-11-2-4-12(18)5-3-11)17(24)25-16(23)13-9-20-7-6-14(13)19/h2-9H,1H3,(H2,19,20)(H,21,22). The molecule has 8 heteroatoms. The highest BCUT2D eigenvalue weighted by atomic mass is 19.1. The first kappa shape index (κ1) is 17.8. The van der Waals surface area contributed by atoms with Gasteiger partial charge >= 0.3 is 11.9 Å². The van der Waals surface area contributed by atoms with Crippen LogP contribution in [0.1, 0.15) is 22.8 Å². The summed E-state index contributed by atoms with van der Waals surface area (Å²) >= 11 is 0. The number of aromatic nitrogens is 1. The first-order valence-corrected chi connectivity index (χ1v) is 7.07. The largest absolute Gasteiger partial charge is 0.398 e. The second kappa shape index (κ2) is 7.82. The Morgan fingerprint density at radius 1 is 1.20 bits per heavy atom. The molecule has 1 aromatic carbocycles. The number of pyridine rings is 1. The number of anilines is 1. The van der Waals surface area contributed by atoms with Crippen molar-refractivity contribution < 1.29 is 23.5 Å². The van der Waals surface area contributed by atoms with E-state index >= 15 is 0 Å². The van der Waals surface area contributed by atoms with E-state index in [0.29, 0.717) is 5.56 Å². The molecule has 3 N–H and O–H groups in total. The minimum absolute atomic E-state index is 0.0835. The lowest BCUT2D eigenvalue weighted by Crippen LogP contribution is -2.28. The van der Waals surface area contributed by atoms with E-state index in [4.69, 9.17) is 10.5 Å². The van der Waals surface area contributed by atoms with Gasteiger partial charge in [-0.15, -0.1) is 0 Å². The Labute approximate surface area is 142 Å². The normalized spacial score (nSPS) is 10.9. The van der Waals surface area contributed by atoms with Crippen molar-refractivity contribution in [1.29, 1.82) is 0 Å². The summed E-state index contributed by atoms with van der Waals surface area (Å²) in [7, 11) is 0. The molecular formula is C17H14FN3O4. The zero-order chi connectivity index (χ0) is 18.4. The lowest BCUT2D eigenvalue weighted by Gasteiger charge is -2.08. The van der Waals surface area contributed by atoms with Crippen LogP contribution >= 0.6 is 0 Å². The minimum Gasteiger partial charge on any atom is -0.398 e. The third-order valence-electron chi connectivity index (χ3n) is 2.97. The summed E-state index contributed by atoms with van der Waals surface area (Å²) in [6.45, 7) is 1.19. The molecule has 7 nitrogen and oxygen atoms in total. The van der Waals surface area contributed by atoms with Crippen LogP contribution in [0.25, 0.3) is 6.08 Å². The van der Waals surface area contributed by atoms with E-state index in [-0.39, 0.29) is 16.9 Å². The summed E-state index contributed by atoms with van der Waals surface area (Å²) in [4.78, 5) is 39.2. The summed E-state index contributed by atoms with van der Waals surface area (Å²) in [5.74, 6) is -3.10. The van der Waals surface area contributed by atoms with Gasteiger partial charge in [0.2, 0.25) is 5.91 Å². The van der Waals surface area contributed by atoms with Gasteiger partial charge in [0.25, 0.3) is 0 Å². The van der Waals surface area contributed by atoms with Gasteiger partial charge in [0, 0.05) is 25.0 Å². The molecular weight excluding hydrogens is 329 g/mol. The number of hydrogen-bond donors (Lipinski definition) is 2. The molecule has 2 aromatic rings. The van der Waals surface area contributed by atoms with Crippen molar-refractivity contribution in [1.82, 2.24) is 10.3 Å². The number of halogens is 1. The van der Waals surface area contributed by atoms with Crippen LogP contribution in [-0.4, -0.2) is 22.8 Å². The van der Waals surface area contributed by atoms with E-state index in [1.807, 2.05) is 0 Å². The van der Waals surface area contributed by atoms with Crippen molar-refractivity contribution in [3.8, 4) is 0 Å². The highest BCUT2D eigenvalue weighted by Crippen LogP contribution is 2.13. The predicted octanol–water partition coefficient (Wildman–Crippen LogP) is 1.66. The fourth-order valence-electron chi connectivity index (χ4n) is 1.83. The highest BCUT2D eigenvalue weighted by Gasteiger charge is 2.20. The van der Waals surface area contributed by atoms with Gasteiger partial charge in [-0.25, -0.2) is 14.0 Å². The monoisotopic (exact) mass is 343 g/mol. The summed E-state index contributed by atoms with van der Waals surface area (Å²) in [6.07, 6.45) is 3.79. The molecule has 2 rings (SSSR count). The molecule has 0 fully saturated rings. The Balaban J connectivity index is 2.24. The highest BCUT2D eigenvalue weighted by molar-refractivity contribution is 6.07. The van der Waals surface area contributed by atoms with Crippen LogP contribution in [0, 0.1) is 5.82 Å². The van der Waals surface area contributed by atoms with E-state index in [0.717, 1.165) is 6.20 Å². The summed E-state index contributed by atoms with van der Waals surface area (Å²) in [5, 5.41) is 2.27. The second-order valence-corrected chi connectivity index (χ2v) is 4.93. The summed E-state index contributed by atoms with van der Waals surface area (Å²) in [6, 6.07) is 6.54. The van der Waals surface area contributed by atoms with Crippen LogP contribution in [0.3, 0.4) is 0 Å². The van der Waals surface area contributed by atoms with Crippen LogP contribution in [-0.2, 0) is 14.3 Å². The number of rotatable bonds is 4. The summed E-state index contributed by atoms with van der Waals surface area (Å²) in [5.41, 5.74) is 5.77. The lowest BCUT2D eigenvalue weighted by molar-refractivity contribution is -0.135. The molecule has 25 heavy (non-hydrogen) atoms. The van der Waals surface area contributed by atoms with Crippen molar-refractivity contribution in [3.05, 3.63) is 65.4 Å². The first-order chi connectivity index (χ1) is 11.9. The number of nitrogens with two attached hydrogens (primary N) is 1. The minimum atomic E-state index is -1.09. The Hall–Kier alpha value is -3.55. The van der Waals surface area contributed by atoms with Crippen LogP contribution < -0.4 is 11.1 Å². The van der Waals surface area contributed by atoms with Crippen molar-refractivity contribution in [2.75, 3.05) is 5.73 Å². The summed E-state index contributed by atoms with van der Waals surface area (Å²) < 4.78 is 17.7. The number of benzene rings is 1.